The van der Waals surface area contributed by atoms with E-state index >= 15 is 0 Å². The summed E-state index contributed by atoms with van der Waals surface area (Å²) in [5, 5.41) is 3.21. The average molecular weight is 363 g/mol. The smallest absolute Gasteiger partial charge is 0.0110 e. The van der Waals surface area contributed by atoms with Gasteiger partial charge in [0.15, 0.2) is 0 Å². The molecule has 1 rings (SSSR count). The van der Waals surface area contributed by atoms with Crippen LogP contribution in [0.4, 0.5) is 0 Å². The van der Waals surface area contributed by atoms with E-state index in [0.717, 1.165) is 6.54 Å². The van der Waals surface area contributed by atoms with Crippen LogP contribution in [-0.4, -0.2) is 88.2 Å². The highest BCUT2D eigenvalue weighted by Gasteiger charge is 2.15. The number of rotatable bonds is 8. The molecule has 0 aromatic rings. The lowest BCUT2D eigenvalue weighted by atomic mass is 10.2. The lowest BCUT2D eigenvalue weighted by Crippen LogP contribution is -2.47. The quantitative estimate of drug-likeness (QED) is 0.651. The molecular weight excluding hydrogens is 308 g/mol. The van der Waals surface area contributed by atoms with E-state index in [9.17, 15) is 0 Å². The van der Waals surface area contributed by atoms with Crippen LogP contribution in [0.3, 0.4) is 0 Å². The second kappa shape index (κ2) is 31.6. The van der Waals surface area contributed by atoms with Crippen LogP contribution in [0.1, 0.15) is 68.2 Å². The van der Waals surface area contributed by atoms with Crippen molar-refractivity contribution in [2.24, 2.45) is 0 Å². The predicted molar refractivity (Wildman–Crippen MR) is 120 cm³/mol. The molecular formula is C21H54N4. The van der Waals surface area contributed by atoms with Gasteiger partial charge in [0.25, 0.3) is 0 Å². The standard InChI is InChI=1S/C13H30N4.4C2H6/c1-14-6-4-8-16-10-12-17(13-11-16)9-5-7-15(2)3;4*1-2/h14H,4-13H2,1-3H3;4*1-2H3. The van der Waals surface area contributed by atoms with E-state index in [0.29, 0.717) is 0 Å². The van der Waals surface area contributed by atoms with Gasteiger partial charge in [-0.25, -0.2) is 0 Å². The molecule has 1 aliphatic heterocycles. The third-order valence-electron chi connectivity index (χ3n) is 3.45. The molecule has 1 fully saturated rings. The van der Waals surface area contributed by atoms with E-state index in [1.807, 2.05) is 62.4 Å². The molecule has 0 radical (unpaired) electrons. The maximum atomic E-state index is 3.21. The topological polar surface area (TPSA) is 21.8 Å². The third kappa shape index (κ3) is 26.2. The first-order valence-corrected chi connectivity index (χ1v) is 11.0. The van der Waals surface area contributed by atoms with Gasteiger partial charge in [-0.15, -0.1) is 0 Å². The van der Waals surface area contributed by atoms with Crippen LogP contribution in [0.15, 0.2) is 0 Å². The summed E-state index contributed by atoms with van der Waals surface area (Å²) in [4.78, 5) is 7.48. The van der Waals surface area contributed by atoms with Crippen LogP contribution in [0.2, 0.25) is 0 Å². The van der Waals surface area contributed by atoms with Gasteiger partial charge in [0, 0.05) is 26.2 Å². The minimum absolute atomic E-state index is 1.14. The average Bonchev–Trinajstić information content (AvgIpc) is 2.69. The number of nitrogens with zero attached hydrogens (tertiary/aromatic N) is 3. The molecule has 0 atom stereocenters. The zero-order valence-electron chi connectivity index (χ0n) is 19.9. The van der Waals surface area contributed by atoms with Crippen LogP contribution in [0.5, 0.6) is 0 Å². The second-order valence-corrected chi connectivity index (χ2v) is 5.30. The molecule has 4 nitrogen and oxygen atoms in total. The molecule has 1 N–H and O–H groups in total. The Bertz CT molecular complexity index is 179. The van der Waals surface area contributed by atoms with E-state index < -0.39 is 0 Å². The Morgan fingerprint density at radius 1 is 0.680 bits per heavy atom. The van der Waals surface area contributed by atoms with Gasteiger partial charge in [0.05, 0.1) is 0 Å². The Hall–Kier alpha value is -0.160. The molecule has 0 saturated carbocycles. The van der Waals surface area contributed by atoms with Crippen molar-refractivity contribution in [3.8, 4) is 0 Å². The van der Waals surface area contributed by atoms with E-state index in [4.69, 9.17) is 0 Å². The highest BCUT2D eigenvalue weighted by molar-refractivity contribution is 4.72. The summed E-state index contributed by atoms with van der Waals surface area (Å²) in [6, 6.07) is 0. The molecule has 25 heavy (non-hydrogen) atoms. The molecule has 158 valence electrons. The highest BCUT2D eigenvalue weighted by Crippen LogP contribution is 2.03. The first kappa shape index (κ1) is 32.5. The summed E-state index contributed by atoms with van der Waals surface area (Å²) >= 11 is 0. The Balaban J connectivity index is -0.000000241. The fourth-order valence-corrected chi connectivity index (χ4v) is 2.33. The molecule has 0 unspecified atom stereocenters. The highest BCUT2D eigenvalue weighted by atomic mass is 15.3. The number of hydrogen-bond donors (Lipinski definition) is 1. The monoisotopic (exact) mass is 362 g/mol. The lowest BCUT2D eigenvalue weighted by molar-refractivity contribution is 0.128. The maximum absolute atomic E-state index is 3.21. The van der Waals surface area contributed by atoms with E-state index in [1.165, 1.54) is 58.7 Å². The summed E-state index contributed by atoms with van der Waals surface area (Å²) in [5.41, 5.74) is 0. The zero-order chi connectivity index (χ0) is 20.5. The normalized spacial score (nSPS) is 13.9. The molecule has 0 spiro atoms. The van der Waals surface area contributed by atoms with Crippen molar-refractivity contribution in [2.75, 3.05) is 73.5 Å². The molecule has 0 aromatic heterocycles. The molecule has 1 aliphatic rings. The summed E-state index contributed by atoms with van der Waals surface area (Å²) < 4.78 is 0. The Morgan fingerprint density at radius 2 is 1.04 bits per heavy atom. The minimum Gasteiger partial charge on any atom is -0.320 e. The molecule has 0 aliphatic carbocycles. The first-order valence-electron chi connectivity index (χ1n) is 11.0. The molecule has 1 saturated heterocycles. The number of hydrogen-bond acceptors (Lipinski definition) is 4. The lowest BCUT2D eigenvalue weighted by Gasteiger charge is -2.34. The summed E-state index contributed by atoms with van der Waals surface area (Å²) in [7, 11) is 6.34. The van der Waals surface area contributed by atoms with Crippen molar-refractivity contribution in [3.63, 3.8) is 0 Å². The van der Waals surface area contributed by atoms with E-state index in [2.05, 4.69) is 34.1 Å². The number of piperazine rings is 1. The van der Waals surface area contributed by atoms with Crippen molar-refractivity contribution in [3.05, 3.63) is 0 Å². The van der Waals surface area contributed by atoms with Gasteiger partial charge in [0.1, 0.15) is 0 Å². The van der Waals surface area contributed by atoms with Gasteiger partial charge >= 0.3 is 0 Å². The zero-order valence-corrected chi connectivity index (χ0v) is 19.9. The molecule has 4 heteroatoms. The van der Waals surface area contributed by atoms with Gasteiger partial charge in [-0.3, -0.25) is 0 Å². The van der Waals surface area contributed by atoms with Gasteiger partial charge < -0.3 is 20.0 Å². The summed E-state index contributed by atoms with van der Waals surface area (Å²) in [6.07, 6.45) is 2.57. The van der Waals surface area contributed by atoms with Crippen LogP contribution >= 0.6 is 0 Å². The Morgan fingerprint density at radius 3 is 1.36 bits per heavy atom. The fourth-order valence-electron chi connectivity index (χ4n) is 2.33. The Kier molecular flexibility index (Phi) is 41.1. The maximum Gasteiger partial charge on any atom is 0.0110 e. The summed E-state index contributed by atoms with van der Waals surface area (Å²) in [5.74, 6) is 0. The third-order valence-corrected chi connectivity index (χ3v) is 3.45. The molecule has 0 amide bonds. The Labute approximate surface area is 162 Å². The van der Waals surface area contributed by atoms with Crippen molar-refractivity contribution < 1.29 is 0 Å². The van der Waals surface area contributed by atoms with Gasteiger partial charge in [0.2, 0.25) is 0 Å². The SMILES string of the molecule is CC.CC.CC.CC.CNCCCN1CCN(CCCN(C)C)CC1. The van der Waals surface area contributed by atoms with Gasteiger partial charge in [-0.1, -0.05) is 55.4 Å². The number of nitrogens with one attached hydrogen (secondary N) is 1. The molecule has 0 aromatic carbocycles. The van der Waals surface area contributed by atoms with Crippen molar-refractivity contribution >= 4 is 0 Å². The van der Waals surface area contributed by atoms with Crippen molar-refractivity contribution in [1.82, 2.24) is 20.0 Å². The minimum atomic E-state index is 1.14. The van der Waals surface area contributed by atoms with Crippen LogP contribution in [0.25, 0.3) is 0 Å². The summed E-state index contributed by atoms with van der Waals surface area (Å²) in [6.45, 7) is 25.9. The second-order valence-electron chi connectivity index (χ2n) is 5.30. The van der Waals surface area contributed by atoms with Crippen LogP contribution in [0, 0.1) is 0 Å². The van der Waals surface area contributed by atoms with Gasteiger partial charge in [-0.2, -0.15) is 0 Å². The van der Waals surface area contributed by atoms with Crippen LogP contribution < -0.4 is 5.32 Å². The van der Waals surface area contributed by atoms with Crippen molar-refractivity contribution in [1.29, 1.82) is 0 Å². The van der Waals surface area contributed by atoms with E-state index in [1.54, 1.807) is 0 Å². The van der Waals surface area contributed by atoms with Crippen LogP contribution in [-0.2, 0) is 0 Å². The fraction of sp³-hybridized carbons (Fsp3) is 1.00. The van der Waals surface area contributed by atoms with E-state index in [-0.39, 0.29) is 0 Å². The van der Waals surface area contributed by atoms with Gasteiger partial charge in [-0.05, 0) is 60.2 Å². The largest absolute Gasteiger partial charge is 0.320 e. The first-order chi connectivity index (χ1) is 12.2. The predicted octanol–water partition coefficient (Wildman–Crippen LogP) is 4.27. The molecule has 0 bridgehead atoms. The van der Waals surface area contributed by atoms with Crippen molar-refractivity contribution in [2.45, 2.75) is 68.2 Å². The molecule has 1 heterocycles.